The van der Waals surface area contributed by atoms with E-state index in [0.29, 0.717) is 5.75 Å². The molecular formula is C15H17NOS2. The quantitative estimate of drug-likeness (QED) is 0.619. The zero-order valence-electron chi connectivity index (χ0n) is 11.6. The summed E-state index contributed by atoms with van der Waals surface area (Å²) in [5.41, 5.74) is 5.22. The zero-order chi connectivity index (χ0) is 14.0. The molecule has 0 spiro atoms. The Morgan fingerprint density at radius 3 is 2.37 bits per heavy atom. The molecule has 2 aromatic rings. The second kappa shape index (κ2) is 5.88. The van der Waals surface area contributed by atoms with Crippen molar-refractivity contribution in [2.45, 2.75) is 32.0 Å². The molecule has 0 saturated carbocycles. The molecule has 4 heteroatoms. The molecule has 1 heterocycles. The Morgan fingerprint density at radius 1 is 1.21 bits per heavy atom. The first kappa shape index (κ1) is 14.3. The number of thiazole rings is 1. The fraction of sp³-hybridized carbons (Fsp3) is 0.333. The molecule has 19 heavy (non-hydrogen) atoms. The van der Waals surface area contributed by atoms with Crippen LogP contribution in [0.25, 0.3) is 0 Å². The van der Waals surface area contributed by atoms with Gasteiger partial charge in [-0.2, -0.15) is 0 Å². The number of hydrogen-bond donors (Lipinski definition) is 0. The summed E-state index contributed by atoms with van der Waals surface area (Å²) in [4.78, 5) is 16.7. The van der Waals surface area contributed by atoms with Crippen molar-refractivity contribution in [3.8, 4) is 0 Å². The van der Waals surface area contributed by atoms with Crippen LogP contribution in [0.2, 0.25) is 0 Å². The topological polar surface area (TPSA) is 30.0 Å². The number of ketones is 1. The van der Waals surface area contributed by atoms with Gasteiger partial charge in [0.1, 0.15) is 0 Å². The van der Waals surface area contributed by atoms with E-state index in [4.69, 9.17) is 0 Å². The highest BCUT2D eigenvalue weighted by Crippen LogP contribution is 2.25. The molecule has 0 radical (unpaired) electrons. The fourth-order valence-electron chi connectivity index (χ4n) is 2.22. The monoisotopic (exact) mass is 291 g/mol. The van der Waals surface area contributed by atoms with E-state index in [1.807, 2.05) is 26.2 Å². The Hall–Kier alpha value is -1.13. The summed E-state index contributed by atoms with van der Waals surface area (Å²) >= 11 is 3.12. The van der Waals surface area contributed by atoms with Crippen LogP contribution in [0.4, 0.5) is 0 Å². The normalized spacial score (nSPS) is 10.7. The second-order valence-electron chi connectivity index (χ2n) is 4.74. The van der Waals surface area contributed by atoms with Crippen molar-refractivity contribution < 1.29 is 4.79 Å². The van der Waals surface area contributed by atoms with Gasteiger partial charge in [0, 0.05) is 16.6 Å². The molecule has 2 nitrogen and oxygen atoms in total. The lowest BCUT2D eigenvalue weighted by atomic mass is 9.97. The van der Waals surface area contributed by atoms with Gasteiger partial charge in [0.2, 0.25) is 0 Å². The van der Waals surface area contributed by atoms with Crippen LogP contribution in [0, 0.1) is 27.7 Å². The molecule has 0 aliphatic carbocycles. The lowest BCUT2D eigenvalue weighted by molar-refractivity contribution is 0.102. The third-order valence-corrected chi connectivity index (χ3v) is 5.02. The Morgan fingerprint density at radius 2 is 1.84 bits per heavy atom. The SMILES string of the molecule is Cc1cc(C)c(C(=O)CSc2nc(C)cs2)c(C)c1. The molecule has 2 rings (SSSR count). The van der Waals surface area contributed by atoms with Crippen molar-refractivity contribution in [1.82, 2.24) is 4.98 Å². The number of Topliss-reactive ketones (excluding diaryl/α,β-unsaturated/α-hetero) is 1. The number of benzene rings is 1. The number of aryl methyl sites for hydroxylation is 4. The first-order chi connectivity index (χ1) is 8.97. The average molecular weight is 291 g/mol. The molecule has 0 saturated heterocycles. The Bertz CT molecular complexity index is 593. The van der Waals surface area contributed by atoms with Crippen LogP contribution in [0.5, 0.6) is 0 Å². The summed E-state index contributed by atoms with van der Waals surface area (Å²) in [5, 5.41) is 2.01. The van der Waals surface area contributed by atoms with Crippen LogP contribution in [0.3, 0.4) is 0 Å². The van der Waals surface area contributed by atoms with Crippen molar-refractivity contribution in [3.63, 3.8) is 0 Å². The third-order valence-electron chi connectivity index (χ3n) is 2.88. The Kier molecular flexibility index (Phi) is 4.42. The highest BCUT2D eigenvalue weighted by molar-refractivity contribution is 8.01. The number of carbonyl (C=O) groups is 1. The van der Waals surface area contributed by atoms with E-state index < -0.39 is 0 Å². The Balaban J connectivity index is 2.12. The lowest BCUT2D eigenvalue weighted by Crippen LogP contribution is -2.07. The van der Waals surface area contributed by atoms with Gasteiger partial charge in [0.25, 0.3) is 0 Å². The largest absolute Gasteiger partial charge is 0.293 e. The summed E-state index contributed by atoms with van der Waals surface area (Å²) in [6, 6.07) is 4.14. The smallest absolute Gasteiger partial charge is 0.173 e. The van der Waals surface area contributed by atoms with Crippen LogP contribution in [0.15, 0.2) is 21.9 Å². The molecule has 0 atom stereocenters. The molecular weight excluding hydrogens is 274 g/mol. The van der Waals surface area contributed by atoms with Crippen molar-refractivity contribution >= 4 is 28.9 Å². The van der Waals surface area contributed by atoms with E-state index in [9.17, 15) is 4.79 Å². The summed E-state index contributed by atoms with van der Waals surface area (Å²) in [5.74, 6) is 0.644. The predicted molar refractivity (Wildman–Crippen MR) is 82.6 cm³/mol. The number of rotatable bonds is 4. The van der Waals surface area contributed by atoms with Crippen molar-refractivity contribution in [2.75, 3.05) is 5.75 Å². The van der Waals surface area contributed by atoms with Gasteiger partial charge in [0.15, 0.2) is 10.1 Å². The van der Waals surface area contributed by atoms with E-state index in [2.05, 4.69) is 24.0 Å². The fourth-order valence-corrected chi connectivity index (χ4v) is 3.94. The molecule has 0 amide bonds. The van der Waals surface area contributed by atoms with Crippen LogP contribution < -0.4 is 0 Å². The van der Waals surface area contributed by atoms with E-state index in [1.54, 1.807) is 11.3 Å². The molecule has 0 aliphatic rings. The van der Waals surface area contributed by atoms with Crippen LogP contribution in [-0.2, 0) is 0 Å². The minimum atomic E-state index is 0.188. The Labute approximate surface area is 122 Å². The molecule has 1 aromatic carbocycles. The maximum Gasteiger partial charge on any atom is 0.173 e. The summed E-state index contributed by atoms with van der Waals surface area (Å²) < 4.78 is 0.966. The van der Waals surface area contributed by atoms with Gasteiger partial charge >= 0.3 is 0 Å². The van der Waals surface area contributed by atoms with Gasteiger partial charge in [-0.3, -0.25) is 4.79 Å². The number of aromatic nitrogens is 1. The molecule has 1 aromatic heterocycles. The van der Waals surface area contributed by atoms with Crippen molar-refractivity contribution in [3.05, 3.63) is 45.5 Å². The first-order valence-electron chi connectivity index (χ1n) is 6.13. The first-order valence-corrected chi connectivity index (χ1v) is 8.00. The second-order valence-corrected chi connectivity index (χ2v) is 6.82. The van der Waals surface area contributed by atoms with E-state index >= 15 is 0 Å². The van der Waals surface area contributed by atoms with Gasteiger partial charge in [-0.25, -0.2) is 4.98 Å². The molecule has 0 unspecified atom stereocenters. The van der Waals surface area contributed by atoms with Crippen LogP contribution in [0.1, 0.15) is 32.7 Å². The molecule has 0 bridgehead atoms. The predicted octanol–water partition coefficient (Wildman–Crippen LogP) is 4.35. The molecule has 0 N–H and O–H groups in total. The highest BCUT2D eigenvalue weighted by atomic mass is 32.2. The summed E-state index contributed by atoms with van der Waals surface area (Å²) in [6.45, 7) is 8.04. The van der Waals surface area contributed by atoms with Gasteiger partial charge in [-0.05, 0) is 38.8 Å². The minimum absolute atomic E-state index is 0.188. The number of hydrogen-bond acceptors (Lipinski definition) is 4. The van der Waals surface area contributed by atoms with Gasteiger partial charge < -0.3 is 0 Å². The lowest BCUT2D eigenvalue weighted by Gasteiger charge is -2.09. The number of carbonyl (C=O) groups excluding carboxylic acids is 1. The summed E-state index contributed by atoms with van der Waals surface area (Å²) in [6.07, 6.45) is 0. The van der Waals surface area contributed by atoms with Gasteiger partial charge in [-0.1, -0.05) is 29.5 Å². The maximum absolute atomic E-state index is 12.3. The number of nitrogens with zero attached hydrogens (tertiary/aromatic N) is 1. The summed E-state index contributed by atoms with van der Waals surface area (Å²) in [7, 11) is 0. The van der Waals surface area contributed by atoms with Gasteiger partial charge in [-0.15, -0.1) is 11.3 Å². The number of thioether (sulfide) groups is 1. The molecule has 0 aliphatic heterocycles. The van der Waals surface area contributed by atoms with Crippen LogP contribution >= 0.6 is 23.1 Å². The third kappa shape index (κ3) is 3.45. The van der Waals surface area contributed by atoms with E-state index in [-0.39, 0.29) is 5.78 Å². The van der Waals surface area contributed by atoms with E-state index in [0.717, 1.165) is 26.7 Å². The standard InChI is InChI=1S/C15H17NOS2/c1-9-5-10(2)14(11(3)6-9)13(17)8-19-15-16-12(4)7-18-15/h5-7H,8H2,1-4H3. The minimum Gasteiger partial charge on any atom is -0.293 e. The van der Waals surface area contributed by atoms with E-state index in [1.165, 1.54) is 17.3 Å². The maximum atomic E-state index is 12.3. The van der Waals surface area contributed by atoms with Crippen molar-refractivity contribution in [1.29, 1.82) is 0 Å². The van der Waals surface area contributed by atoms with Gasteiger partial charge in [0.05, 0.1) is 5.75 Å². The molecule has 100 valence electrons. The highest BCUT2D eigenvalue weighted by Gasteiger charge is 2.14. The van der Waals surface area contributed by atoms with Crippen molar-refractivity contribution in [2.24, 2.45) is 0 Å². The van der Waals surface area contributed by atoms with Crippen LogP contribution in [-0.4, -0.2) is 16.5 Å². The molecule has 0 fully saturated rings. The zero-order valence-corrected chi connectivity index (χ0v) is 13.2. The average Bonchev–Trinajstić information content (AvgIpc) is 2.71.